The standard InChI is InChI=1S/C14H12FNO/c15-11-5-3-10(4-6-11)13-9-16-7-1-2-12(16)8-14(13)17/h1-6,9,12H,7-8H2. The molecule has 0 spiro atoms. The molecule has 2 heterocycles. The number of hydrogen-bond donors (Lipinski definition) is 0. The van der Waals surface area contributed by atoms with E-state index >= 15 is 0 Å². The van der Waals surface area contributed by atoms with E-state index in [9.17, 15) is 9.18 Å². The molecule has 0 aromatic heterocycles. The molecule has 0 radical (unpaired) electrons. The lowest BCUT2D eigenvalue weighted by atomic mass is 9.94. The minimum Gasteiger partial charge on any atom is -0.366 e. The average Bonchev–Trinajstić information content (AvgIpc) is 2.76. The smallest absolute Gasteiger partial charge is 0.167 e. The van der Waals surface area contributed by atoms with Crippen LogP contribution in [-0.4, -0.2) is 23.3 Å². The molecule has 2 nitrogen and oxygen atoms in total. The Morgan fingerprint density at radius 1 is 1.24 bits per heavy atom. The minimum absolute atomic E-state index is 0.129. The SMILES string of the molecule is O=C1CC2C=CCN2C=C1c1ccc(F)cc1. The largest absolute Gasteiger partial charge is 0.366 e. The summed E-state index contributed by atoms with van der Waals surface area (Å²) in [5.74, 6) is -0.150. The Balaban J connectivity index is 1.97. The fraction of sp³-hybridized carbons (Fsp3) is 0.214. The van der Waals surface area contributed by atoms with Gasteiger partial charge in [-0.25, -0.2) is 4.39 Å². The van der Waals surface area contributed by atoms with Crippen molar-refractivity contribution in [2.75, 3.05) is 6.54 Å². The highest BCUT2D eigenvalue weighted by Gasteiger charge is 2.28. The fourth-order valence-electron chi connectivity index (χ4n) is 2.32. The van der Waals surface area contributed by atoms with Crippen molar-refractivity contribution in [3.05, 3.63) is 54.0 Å². The monoisotopic (exact) mass is 229 g/mol. The van der Waals surface area contributed by atoms with E-state index in [1.165, 1.54) is 12.1 Å². The molecule has 3 heteroatoms. The highest BCUT2D eigenvalue weighted by Crippen LogP contribution is 2.28. The number of allylic oxidation sites excluding steroid dienone is 1. The molecule has 1 unspecified atom stereocenters. The number of ketones is 1. The van der Waals surface area contributed by atoms with Gasteiger partial charge < -0.3 is 4.90 Å². The van der Waals surface area contributed by atoms with Gasteiger partial charge in [0.1, 0.15) is 5.82 Å². The molecule has 0 amide bonds. The van der Waals surface area contributed by atoms with Gasteiger partial charge in [-0.3, -0.25) is 4.79 Å². The molecule has 1 aromatic rings. The Morgan fingerprint density at radius 2 is 2.00 bits per heavy atom. The van der Waals surface area contributed by atoms with Crippen LogP contribution in [0, 0.1) is 5.82 Å². The van der Waals surface area contributed by atoms with Gasteiger partial charge in [0.15, 0.2) is 5.78 Å². The van der Waals surface area contributed by atoms with Crippen molar-refractivity contribution in [3.8, 4) is 0 Å². The van der Waals surface area contributed by atoms with E-state index in [1.807, 2.05) is 6.20 Å². The number of hydrogen-bond acceptors (Lipinski definition) is 2. The maximum Gasteiger partial charge on any atom is 0.167 e. The first-order chi connectivity index (χ1) is 8.24. The lowest BCUT2D eigenvalue weighted by Crippen LogP contribution is -2.32. The van der Waals surface area contributed by atoms with Gasteiger partial charge in [-0.1, -0.05) is 24.3 Å². The van der Waals surface area contributed by atoms with Crippen molar-refractivity contribution in [1.29, 1.82) is 0 Å². The van der Waals surface area contributed by atoms with Crippen LogP contribution in [0.5, 0.6) is 0 Å². The zero-order valence-electron chi connectivity index (χ0n) is 9.27. The quantitative estimate of drug-likeness (QED) is 0.689. The predicted octanol–water partition coefficient (Wildman–Crippen LogP) is 2.38. The summed E-state index contributed by atoms with van der Waals surface area (Å²) in [6.45, 7) is 0.850. The molecule has 0 saturated heterocycles. The fourth-order valence-corrected chi connectivity index (χ4v) is 2.32. The first-order valence-electron chi connectivity index (χ1n) is 5.67. The van der Waals surface area contributed by atoms with Gasteiger partial charge in [0, 0.05) is 24.7 Å². The number of Topliss-reactive ketones (excluding diaryl/α,β-unsaturated/α-hetero) is 1. The van der Waals surface area contributed by atoms with Crippen LogP contribution in [0.15, 0.2) is 42.6 Å². The summed E-state index contributed by atoms with van der Waals surface area (Å²) in [7, 11) is 0. The van der Waals surface area contributed by atoms with Crippen LogP contribution in [0.25, 0.3) is 5.57 Å². The molecule has 0 fully saturated rings. The summed E-state index contributed by atoms with van der Waals surface area (Å²) in [4.78, 5) is 14.1. The molecule has 3 rings (SSSR count). The summed E-state index contributed by atoms with van der Waals surface area (Å²) in [6.07, 6.45) is 6.54. The molecule has 0 N–H and O–H groups in total. The van der Waals surface area contributed by atoms with Crippen molar-refractivity contribution in [2.45, 2.75) is 12.5 Å². The van der Waals surface area contributed by atoms with Crippen LogP contribution in [0.1, 0.15) is 12.0 Å². The number of carbonyl (C=O) groups excluding carboxylic acids is 1. The van der Waals surface area contributed by atoms with Crippen molar-refractivity contribution in [1.82, 2.24) is 4.90 Å². The molecule has 0 bridgehead atoms. The highest BCUT2D eigenvalue weighted by atomic mass is 19.1. The highest BCUT2D eigenvalue weighted by molar-refractivity contribution is 6.21. The summed E-state index contributed by atoms with van der Waals surface area (Å²) in [5.41, 5.74) is 1.48. The van der Waals surface area contributed by atoms with Gasteiger partial charge in [-0.15, -0.1) is 0 Å². The summed E-state index contributed by atoms with van der Waals surface area (Å²) in [5, 5.41) is 0. The number of rotatable bonds is 1. The van der Waals surface area contributed by atoms with Crippen LogP contribution in [0.2, 0.25) is 0 Å². The van der Waals surface area contributed by atoms with Gasteiger partial charge >= 0.3 is 0 Å². The maximum absolute atomic E-state index is 12.8. The Kier molecular flexibility index (Phi) is 2.32. The Hall–Kier alpha value is -1.90. The zero-order chi connectivity index (χ0) is 11.8. The molecule has 1 aromatic carbocycles. The van der Waals surface area contributed by atoms with Crippen molar-refractivity contribution >= 4 is 11.4 Å². The molecular weight excluding hydrogens is 217 g/mol. The molecule has 17 heavy (non-hydrogen) atoms. The van der Waals surface area contributed by atoms with Crippen LogP contribution in [0.4, 0.5) is 4.39 Å². The zero-order valence-corrected chi connectivity index (χ0v) is 9.27. The van der Waals surface area contributed by atoms with Crippen molar-refractivity contribution in [2.24, 2.45) is 0 Å². The Morgan fingerprint density at radius 3 is 2.76 bits per heavy atom. The normalized spacial score (nSPS) is 22.6. The third-order valence-electron chi connectivity index (χ3n) is 3.25. The van der Waals surface area contributed by atoms with E-state index in [0.717, 1.165) is 12.1 Å². The second-order valence-corrected chi connectivity index (χ2v) is 4.37. The maximum atomic E-state index is 12.8. The van der Waals surface area contributed by atoms with E-state index in [4.69, 9.17) is 0 Å². The van der Waals surface area contributed by atoms with Crippen LogP contribution in [0.3, 0.4) is 0 Å². The van der Waals surface area contributed by atoms with E-state index in [-0.39, 0.29) is 17.6 Å². The van der Waals surface area contributed by atoms with E-state index in [1.54, 1.807) is 12.1 Å². The van der Waals surface area contributed by atoms with E-state index in [2.05, 4.69) is 17.1 Å². The van der Waals surface area contributed by atoms with E-state index < -0.39 is 0 Å². The first kappa shape index (κ1) is 10.3. The topological polar surface area (TPSA) is 20.3 Å². The molecule has 0 saturated carbocycles. The van der Waals surface area contributed by atoms with Crippen LogP contribution in [-0.2, 0) is 4.79 Å². The molecule has 0 aliphatic carbocycles. The lowest BCUT2D eigenvalue weighted by molar-refractivity contribution is -0.114. The van der Waals surface area contributed by atoms with E-state index in [0.29, 0.717) is 12.0 Å². The number of nitrogens with zero attached hydrogens (tertiary/aromatic N) is 1. The number of carbonyl (C=O) groups is 1. The van der Waals surface area contributed by atoms with Gasteiger partial charge in [0.2, 0.25) is 0 Å². The van der Waals surface area contributed by atoms with Crippen LogP contribution < -0.4 is 0 Å². The van der Waals surface area contributed by atoms with Crippen molar-refractivity contribution < 1.29 is 9.18 Å². The molecular formula is C14H12FNO. The number of fused-ring (bicyclic) bond motifs is 1. The van der Waals surface area contributed by atoms with Gasteiger partial charge in [-0.05, 0) is 17.7 Å². The molecule has 1 atom stereocenters. The molecule has 86 valence electrons. The predicted molar refractivity (Wildman–Crippen MR) is 63.6 cm³/mol. The first-order valence-corrected chi connectivity index (χ1v) is 5.67. The van der Waals surface area contributed by atoms with Crippen LogP contribution >= 0.6 is 0 Å². The molecule has 2 aliphatic rings. The second kappa shape index (κ2) is 3.84. The number of benzene rings is 1. The summed E-state index contributed by atoms with van der Waals surface area (Å²) >= 11 is 0. The second-order valence-electron chi connectivity index (χ2n) is 4.37. The van der Waals surface area contributed by atoms with Gasteiger partial charge in [-0.2, -0.15) is 0 Å². The Bertz CT molecular complexity index is 516. The Labute approximate surface area is 99.0 Å². The third kappa shape index (κ3) is 1.78. The molecule has 2 aliphatic heterocycles. The van der Waals surface area contributed by atoms with Gasteiger partial charge in [0.05, 0.1) is 6.04 Å². The minimum atomic E-state index is -0.279. The lowest BCUT2D eigenvalue weighted by Gasteiger charge is -2.28. The third-order valence-corrected chi connectivity index (χ3v) is 3.25. The average molecular weight is 229 g/mol. The number of halogens is 1. The summed E-state index contributed by atoms with van der Waals surface area (Å²) in [6, 6.07) is 6.30. The summed E-state index contributed by atoms with van der Waals surface area (Å²) < 4.78 is 12.8. The van der Waals surface area contributed by atoms with Gasteiger partial charge in [0.25, 0.3) is 0 Å². The van der Waals surface area contributed by atoms with Crippen molar-refractivity contribution in [3.63, 3.8) is 0 Å².